The van der Waals surface area contributed by atoms with Crippen LogP contribution in [0.1, 0.15) is 44.0 Å². The molecule has 1 aliphatic rings. The predicted octanol–water partition coefficient (Wildman–Crippen LogP) is 2.70. The summed E-state index contributed by atoms with van der Waals surface area (Å²) in [5.41, 5.74) is 2.72. The molecule has 1 heterocycles. The van der Waals surface area contributed by atoms with Gasteiger partial charge in [0, 0.05) is 12.2 Å². The summed E-state index contributed by atoms with van der Waals surface area (Å²) in [4.78, 5) is 4.52. The molecule has 0 spiro atoms. The Kier molecular flexibility index (Phi) is 3.37. The minimum atomic E-state index is 0.484. The van der Waals surface area contributed by atoms with Gasteiger partial charge in [-0.1, -0.05) is 19.9 Å². The predicted molar refractivity (Wildman–Crippen MR) is 62.8 cm³/mol. The highest BCUT2D eigenvalue weighted by atomic mass is 14.9. The normalized spacial score (nSPS) is 20.3. The third kappa shape index (κ3) is 2.57. The molecule has 0 aliphatic heterocycles. The first-order valence-corrected chi connectivity index (χ1v) is 5.94. The van der Waals surface area contributed by atoms with Gasteiger partial charge in [-0.3, -0.25) is 4.98 Å². The summed E-state index contributed by atoms with van der Waals surface area (Å²) in [7, 11) is 0. The van der Waals surface area contributed by atoms with E-state index in [-0.39, 0.29) is 0 Å². The quantitative estimate of drug-likeness (QED) is 0.819. The van der Waals surface area contributed by atoms with Gasteiger partial charge in [-0.25, -0.2) is 0 Å². The topological polar surface area (TPSA) is 24.9 Å². The molecule has 1 N–H and O–H groups in total. The third-order valence-electron chi connectivity index (χ3n) is 2.97. The molecule has 0 saturated heterocycles. The molecule has 0 amide bonds. The zero-order valence-corrected chi connectivity index (χ0v) is 9.66. The zero-order valence-electron chi connectivity index (χ0n) is 9.66. The van der Waals surface area contributed by atoms with Crippen molar-refractivity contribution in [2.75, 3.05) is 6.54 Å². The van der Waals surface area contributed by atoms with Gasteiger partial charge < -0.3 is 5.32 Å². The number of aromatic nitrogens is 1. The second kappa shape index (κ2) is 4.75. The second-order valence-corrected chi connectivity index (χ2v) is 4.79. The second-order valence-electron chi connectivity index (χ2n) is 4.79. The van der Waals surface area contributed by atoms with Gasteiger partial charge in [0.05, 0.1) is 5.69 Å². The monoisotopic (exact) mass is 204 g/mol. The lowest BCUT2D eigenvalue weighted by Gasteiger charge is -2.25. The van der Waals surface area contributed by atoms with Crippen molar-refractivity contribution in [1.82, 2.24) is 10.3 Å². The van der Waals surface area contributed by atoms with E-state index < -0.39 is 0 Å². The molecule has 2 rings (SSSR count). The first-order valence-electron chi connectivity index (χ1n) is 5.94. The van der Waals surface area contributed by atoms with Gasteiger partial charge in [-0.2, -0.15) is 0 Å². The Morgan fingerprint density at radius 3 is 3.20 bits per heavy atom. The van der Waals surface area contributed by atoms with Crippen LogP contribution in [-0.2, 0) is 6.42 Å². The Morgan fingerprint density at radius 2 is 2.40 bits per heavy atom. The van der Waals surface area contributed by atoms with E-state index in [0.29, 0.717) is 12.0 Å². The summed E-state index contributed by atoms with van der Waals surface area (Å²) in [6.45, 7) is 5.57. The number of hydrogen-bond donors (Lipinski definition) is 1. The first-order chi connectivity index (χ1) is 7.27. The van der Waals surface area contributed by atoms with Crippen LogP contribution in [0.4, 0.5) is 0 Å². The smallest absolute Gasteiger partial charge is 0.0605 e. The molecule has 2 heteroatoms. The number of pyridine rings is 1. The van der Waals surface area contributed by atoms with E-state index in [9.17, 15) is 0 Å². The maximum atomic E-state index is 4.52. The fourth-order valence-corrected chi connectivity index (χ4v) is 2.19. The van der Waals surface area contributed by atoms with Crippen molar-refractivity contribution in [3.63, 3.8) is 0 Å². The summed E-state index contributed by atoms with van der Waals surface area (Å²) >= 11 is 0. The van der Waals surface area contributed by atoms with Gasteiger partial charge in [0.15, 0.2) is 0 Å². The molecule has 15 heavy (non-hydrogen) atoms. The Labute approximate surface area is 92.1 Å². The number of hydrogen-bond acceptors (Lipinski definition) is 2. The largest absolute Gasteiger partial charge is 0.308 e. The van der Waals surface area contributed by atoms with Crippen molar-refractivity contribution < 1.29 is 0 Å². The molecule has 0 aromatic carbocycles. The summed E-state index contributed by atoms with van der Waals surface area (Å²) < 4.78 is 0. The van der Waals surface area contributed by atoms with Crippen LogP contribution in [0, 0.1) is 5.92 Å². The molecule has 0 bridgehead atoms. The lowest BCUT2D eigenvalue weighted by molar-refractivity contribution is 0.418. The van der Waals surface area contributed by atoms with Gasteiger partial charge >= 0.3 is 0 Å². The van der Waals surface area contributed by atoms with Crippen molar-refractivity contribution in [3.05, 3.63) is 29.6 Å². The first kappa shape index (κ1) is 10.6. The van der Waals surface area contributed by atoms with E-state index in [1.165, 1.54) is 30.5 Å². The molecule has 0 fully saturated rings. The van der Waals surface area contributed by atoms with E-state index in [1.54, 1.807) is 0 Å². The molecule has 1 aliphatic carbocycles. The van der Waals surface area contributed by atoms with Gasteiger partial charge in [0.2, 0.25) is 0 Å². The van der Waals surface area contributed by atoms with Crippen LogP contribution >= 0.6 is 0 Å². The number of aryl methyl sites for hydroxylation is 1. The van der Waals surface area contributed by atoms with Crippen molar-refractivity contribution in [3.8, 4) is 0 Å². The maximum Gasteiger partial charge on any atom is 0.0605 e. The van der Waals surface area contributed by atoms with Gasteiger partial charge in [-0.05, 0) is 43.4 Å². The van der Waals surface area contributed by atoms with Gasteiger partial charge in [-0.15, -0.1) is 0 Å². The average Bonchev–Trinajstić information content (AvgIpc) is 2.26. The van der Waals surface area contributed by atoms with Gasteiger partial charge in [0.25, 0.3) is 0 Å². The van der Waals surface area contributed by atoms with E-state index in [4.69, 9.17) is 0 Å². The standard InChI is InChI=1S/C13H20N2/c1-10(2)9-15-12-7-3-5-11-6-4-8-14-13(11)12/h4,6,8,10,12,15H,3,5,7,9H2,1-2H3/t12-/m0/s1. The van der Waals surface area contributed by atoms with Crippen LogP contribution in [0.2, 0.25) is 0 Å². The molecule has 0 unspecified atom stereocenters. The summed E-state index contributed by atoms with van der Waals surface area (Å²) in [5, 5.41) is 3.61. The van der Waals surface area contributed by atoms with Crippen LogP contribution in [0.15, 0.2) is 18.3 Å². The minimum Gasteiger partial charge on any atom is -0.308 e. The fraction of sp³-hybridized carbons (Fsp3) is 0.615. The van der Waals surface area contributed by atoms with Crippen LogP contribution in [0.3, 0.4) is 0 Å². The summed E-state index contributed by atoms with van der Waals surface area (Å²) in [5.74, 6) is 0.707. The zero-order chi connectivity index (χ0) is 10.7. The molecule has 0 saturated carbocycles. The Balaban J connectivity index is 2.08. The minimum absolute atomic E-state index is 0.484. The van der Waals surface area contributed by atoms with E-state index in [2.05, 4.69) is 30.2 Å². The summed E-state index contributed by atoms with van der Waals surface area (Å²) in [6.07, 6.45) is 5.63. The number of fused-ring (bicyclic) bond motifs is 1. The molecule has 1 atom stereocenters. The SMILES string of the molecule is CC(C)CN[C@H]1CCCc2cccnc21. The average molecular weight is 204 g/mol. The van der Waals surface area contributed by atoms with Crippen LogP contribution in [-0.4, -0.2) is 11.5 Å². The summed E-state index contributed by atoms with van der Waals surface area (Å²) in [6, 6.07) is 4.74. The lowest BCUT2D eigenvalue weighted by Crippen LogP contribution is -2.29. The third-order valence-corrected chi connectivity index (χ3v) is 2.97. The number of nitrogens with one attached hydrogen (secondary N) is 1. The lowest BCUT2D eigenvalue weighted by atomic mass is 9.91. The van der Waals surface area contributed by atoms with Crippen molar-refractivity contribution in [1.29, 1.82) is 0 Å². The molecule has 82 valence electrons. The fourth-order valence-electron chi connectivity index (χ4n) is 2.19. The Hall–Kier alpha value is -0.890. The molecule has 1 aromatic rings. The van der Waals surface area contributed by atoms with Crippen LogP contribution in [0.5, 0.6) is 0 Å². The highest BCUT2D eigenvalue weighted by Crippen LogP contribution is 2.27. The molecule has 0 radical (unpaired) electrons. The molecular weight excluding hydrogens is 184 g/mol. The van der Waals surface area contributed by atoms with E-state index >= 15 is 0 Å². The highest BCUT2D eigenvalue weighted by Gasteiger charge is 2.20. The number of nitrogens with zero attached hydrogens (tertiary/aromatic N) is 1. The molecule has 1 aromatic heterocycles. The van der Waals surface area contributed by atoms with Crippen LogP contribution < -0.4 is 5.32 Å². The van der Waals surface area contributed by atoms with Crippen molar-refractivity contribution in [2.24, 2.45) is 5.92 Å². The molecular formula is C13H20N2. The van der Waals surface area contributed by atoms with Crippen LogP contribution in [0.25, 0.3) is 0 Å². The highest BCUT2D eigenvalue weighted by molar-refractivity contribution is 5.25. The molecule has 2 nitrogen and oxygen atoms in total. The van der Waals surface area contributed by atoms with Crippen molar-refractivity contribution in [2.45, 2.75) is 39.2 Å². The van der Waals surface area contributed by atoms with E-state index in [1.807, 2.05) is 12.3 Å². The Morgan fingerprint density at radius 1 is 1.53 bits per heavy atom. The Bertz CT molecular complexity index is 320. The van der Waals surface area contributed by atoms with E-state index in [0.717, 1.165) is 6.54 Å². The van der Waals surface area contributed by atoms with Crippen molar-refractivity contribution >= 4 is 0 Å². The number of rotatable bonds is 3. The maximum absolute atomic E-state index is 4.52. The van der Waals surface area contributed by atoms with Gasteiger partial charge in [0.1, 0.15) is 0 Å².